The van der Waals surface area contributed by atoms with Crippen molar-refractivity contribution in [3.8, 4) is 11.5 Å². The van der Waals surface area contributed by atoms with E-state index in [0.717, 1.165) is 17.7 Å². The van der Waals surface area contributed by atoms with Gasteiger partial charge < -0.3 is 14.8 Å². The number of ether oxygens (including phenoxy) is 2. The van der Waals surface area contributed by atoms with Gasteiger partial charge in [0.1, 0.15) is 0 Å². The van der Waals surface area contributed by atoms with Crippen molar-refractivity contribution in [1.29, 1.82) is 0 Å². The zero-order valence-electron chi connectivity index (χ0n) is 12.8. The summed E-state index contributed by atoms with van der Waals surface area (Å²) in [6, 6.07) is 7.40. The van der Waals surface area contributed by atoms with Gasteiger partial charge >= 0.3 is 0 Å². The number of nitrogens with one attached hydrogen (secondary N) is 1. The maximum Gasteiger partial charge on any atom is 0.265 e. The zero-order chi connectivity index (χ0) is 15.5. The Hall–Kier alpha value is -2.01. The van der Waals surface area contributed by atoms with Crippen molar-refractivity contribution in [2.24, 2.45) is 0 Å². The molecular weight excluding hydrogens is 298 g/mol. The highest BCUT2D eigenvalue weighted by Gasteiger charge is 2.17. The lowest BCUT2D eigenvalue weighted by atomic mass is 9.99. The van der Waals surface area contributed by atoms with Gasteiger partial charge in [-0.3, -0.25) is 4.79 Å². The third-order valence-electron chi connectivity index (χ3n) is 3.86. The number of aryl methyl sites for hydroxylation is 2. The van der Waals surface area contributed by atoms with Crippen molar-refractivity contribution >= 4 is 22.9 Å². The number of hydrogen-bond acceptors (Lipinski definition) is 4. The fraction of sp³-hybridized carbons (Fsp3) is 0.353. The zero-order valence-corrected chi connectivity index (χ0v) is 13.6. The lowest BCUT2D eigenvalue weighted by Crippen LogP contribution is -2.10. The SMILES string of the molecule is COc1ccc(NC(=O)c2cc3c(s2)CCCC3)cc1OC. The van der Waals surface area contributed by atoms with Crippen LogP contribution in [0.2, 0.25) is 0 Å². The second-order valence-corrected chi connectivity index (χ2v) is 6.43. The van der Waals surface area contributed by atoms with Crippen molar-refractivity contribution < 1.29 is 14.3 Å². The van der Waals surface area contributed by atoms with Crippen LogP contribution in [0, 0.1) is 0 Å². The van der Waals surface area contributed by atoms with Crippen molar-refractivity contribution in [2.75, 3.05) is 19.5 Å². The third kappa shape index (κ3) is 2.95. The van der Waals surface area contributed by atoms with Gasteiger partial charge in [0.15, 0.2) is 11.5 Å². The van der Waals surface area contributed by atoms with Gasteiger partial charge in [-0.15, -0.1) is 11.3 Å². The summed E-state index contributed by atoms with van der Waals surface area (Å²) >= 11 is 1.61. The van der Waals surface area contributed by atoms with E-state index in [1.54, 1.807) is 37.7 Å². The van der Waals surface area contributed by atoms with Crippen LogP contribution >= 0.6 is 11.3 Å². The Labute approximate surface area is 134 Å². The van der Waals surface area contributed by atoms with Gasteiger partial charge in [-0.2, -0.15) is 0 Å². The van der Waals surface area contributed by atoms with Gasteiger partial charge in [0.05, 0.1) is 19.1 Å². The number of thiophene rings is 1. The molecule has 4 nitrogen and oxygen atoms in total. The van der Waals surface area contributed by atoms with Crippen LogP contribution in [0.4, 0.5) is 5.69 Å². The fourth-order valence-corrected chi connectivity index (χ4v) is 3.86. The van der Waals surface area contributed by atoms with Crippen molar-refractivity contribution in [3.63, 3.8) is 0 Å². The molecule has 0 saturated heterocycles. The lowest BCUT2D eigenvalue weighted by molar-refractivity contribution is 0.103. The van der Waals surface area contributed by atoms with Crippen LogP contribution in [0.25, 0.3) is 0 Å². The van der Waals surface area contributed by atoms with Crippen LogP contribution in [-0.4, -0.2) is 20.1 Å². The van der Waals surface area contributed by atoms with E-state index in [-0.39, 0.29) is 5.91 Å². The lowest BCUT2D eigenvalue weighted by Gasteiger charge is -2.10. The maximum atomic E-state index is 12.4. The number of carbonyl (C=O) groups excluding carboxylic acids is 1. The number of anilines is 1. The van der Waals surface area contributed by atoms with E-state index in [2.05, 4.69) is 5.32 Å². The Kier molecular flexibility index (Phi) is 4.34. The summed E-state index contributed by atoms with van der Waals surface area (Å²) in [4.78, 5) is 14.6. The number of rotatable bonds is 4. The van der Waals surface area contributed by atoms with Crippen molar-refractivity contribution in [1.82, 2.24) is 0 Å². The molecule has 0 unspecified atom stereocenters. The van der Waals surface area contributed by atoms with Gasteiger partial charge in [0, 0.05) is 16.6 Å². The molecule has 3 rings (SSSR count). The number of fused-ring (bicyclic) bond motifs is 1. The molecule has 1 heterocycles. The summed E-state index contributed by atoms with van der Waals surface area (Å²) in [6.07, 6.45) is 4.64. The van der Waals surface area contributed by atoms with Crippen LogP contribution in [-0.2, 0) is 12.8 Å². The quantitative estimate of drug-likeness (QED) is 0.930. The molecule has 1 aliphatic rings. The van der Waals surface area contributed by atoms with E-state index in [4.69, 9.17) is 9.47 Å². The minimum Gasteiger partial charge on any atom is -0.493 e. The summed E-state index contributed by atoms with van der Waals surface area (Å²) in [5.41, 5.74) is 2.04. The average Bonchev–Trinajstić information content (AvgIpc) is 2.99. The molecule has 2 aromatic rings. The molecule has 0 fully saturated rings. The third-order valence-corrected chi connectivity index (χ3v) is 5.10. The predicted molar refractivity (Wildman–Crippen MR) is 88.5 cm³/mol. The molecule has 0 bridgehead atoms. The summed E-state index contributed by atoms with van der Waals surface area (Å²) < 4.78 is 10.5. The van der Waals surface area contributed by atoms with Crippen molar-refractivity contribution in [3.05, 3.63) is 39.6 Å². The van der Waals surface area contributed by atoms with Crippen LogP contribution in [0.1, 0.15) is 33.0 Å². The minimum atomic E-state index is -0.0633. The molecule has 1 aromatic heterocycles. The number of benzene rings is 1. The summed E-state index contributed by atoms with van der Waals surface area (Å²) in [7, 11) is 3.17. The molecule has 0 aliphatic heterocycles. The van der Waals surface area contributed by atoms with Crippen LogP contribution in [0.15, 0.2) is 24.3 Å². The molecule has 116 valence electrons. The molecule has 0 spiro atoms. The Morgan fingerprint density at radius 2 is 1.86 bits per heavy atom. The highest BCUT2D eigenvalue weighted by molar-refractivity contribution is 7.14. The first-order chi connectivity index (χ1) is 10.7. The molecule has 0 atom stereocenters. The molecule has 1 aromatic carbocycles. The Morgan fingerprint density at radius 3 is 2.59 bits per heavy atom. The highest BCUT2D eigenvalue weighted by atomic mass is 32.1. The van der Waals surface area contributed by atoms with Crippen LogP contribution < -0.4 is 14.8 Å². The van der Waals surface area contributed by atoms with E-state index in [0.29, 0.717) is 17.2 Å². The Bertz CT molecular complexity index is 670. The van der Waals surface area contributed by atoms with Gasteiger partial charge in [-0.25, -0.2) is 0 Å². The molecular formula is C17H19NO3S. The van der Waals surface area contributed by atoms with Gasteiger partial charge in [0.2, 0.25) is 0 Å². The summed E-state index contributed by atoms with van der Waals surface area (Å²) in [5.74, 6) is 1.18. The maximum absolute atomic E-state index is 12.4. The second-order valence-electron chi connectivity index (χ2n) is 5.29. The first-order valence-corrected chi connectivity index (χ1v) is 8.18. The molecule has 0 saturated carbocycles. The topological polar surface area (TPSA) is 47.6 Å². The Balaban J connectivity index is 1.77. The first kappa shape index (κ1) is 14.9. The van der Waals surface area contributed by atoms with E-state index in [1.165, 1.54) is 23.3 Å². The van der Waals surface area contributed by atoms with Gasteiger partial charge in [-0.1, -0.05) is 0 Å². The van der Waals surface area contributed by atoms with Gasteiger partial charge in [-0.05, 0) is 49.4 Å². The number of methoxy groups -OCH3 is 2. The minimum absolute atomic E-state index is 0.0633. The monoisotopic (exact) mass is 317 g/mol. The fourth-order valence-electron chi connectivity index (χ4n) is 2.71. The molecule has 22 heavy (non-hydrogen) atoms. The average molecular weight is 317 g/mol. The van der Waals surface area contributed by atoms with E-state index in [9.17, 15) is 4.79 Å². The number of hydrogen-bond donors (Lipinski definition) is 1. The summed E-state index contributed by atoms with van der Waals surface area (Å²) in [6.45, 7) is 0. The first-order valence-electron chi connectivity index (χ1n) is 7.36. The molecule has 1 amide bonds. The van der Waals surface area contributed by atoms with E-state index >= 15 is 0 Å². The van der Waals surface area contributed by atoms with E-state index in [1.807, 2.05) is 12.1 Å². The standard InChI is InChI=1S/C17H19NO3S/c1-20-13-8-7-12(10-14(13)21-2)18-17(19)16-9-11-5-3-4-6-15(11)22-16/h7-10H,3-6H2,1-2H3,(H,18,19). The van der Waals surface area contributed by atoms with Crippen molar-refractivity contribution in [2.45, 2.75) is 25.7 Å². The largest absolute Gasteiger partial charge is 0.493 e. The van der Waals surface area contributed by atoms with Gasteiger partial charge in [0.25, 0.3) is 5.91 Å². The normalized spacial score (nSPS) is 13.4. The summed E-state index contributed by atoms with van der Waals surface area (Å²) in [5, 5.41) is 2.93. The smallest absolute Gasteiger partial charge is 0.265 e. The second kappa shape index (κ2) is 6.40. The Morgan fingerprint density at radius 1 is 1.09 bits per heavy atom. The number of amides is 1. The predicted octanol–water partition coefficient (Wildman–Crippen LogP) is 3.90. The molecule has 1 N–H and O–H groups in total. The number of carbonyl (C=O) groups is 1. The molecule has 5 heteroatoms. The van der Waals surface area contributed by atoms with Crippen LogP contribution in [0.3, 0.4) is 0 Å². The van der Waals surface area contributed by atoms with E-state index < -0.39 is 0 Å². The molecule has 1 aliphatic carbocycles. The van der Waals surface area contributed by atoms with Crippen LogP contribution in [0.5, 0.6) is 11.5 Å². The highest BCUT2D eigenvalue weighted by Crippen LogP contribution is 2.32. The molecule has 0 radical (unpaired) electrons.